The van der Waals surface area contributed by atoms with Crippen LogP contribution in [0.2, 0.25) is 0 Å². The summed E-state index contributed by atoms with van der Waals surface area (Å²) in [5.41, 5.74) is 2.11. The minimum atomic E-state index is -0.375. The molecule has 1 aromatic rings. The Morgan fingerprint density at radius 2 is 1.52 bits per heavy atom. The average Bonchev–Trinajstić information content (AvgIpc) is 3.08. The van der Waals surface area contributed by atoms with Crippen LogP contribution in [0.1, 0.15) is 102 Å². The van der Waals surface area contributed by atoms with E-state index in [0.29, 0.717) is 0 Å². The van der Waals surface area contributed by atoms with Crippen LogP contribution in [0, 0.1) is 6.92 Å². The third-order valence-electron chi connectivity index (χ3n) is 8.35. The Morgan fingerprint density at radius 1 is 0.939 bits per heavy atom. The molecule has 1 aliphatic carbocycles. The lowest BCUT2D eigenvalue weighted by atomic mass is 9.84. The summed E-state index contributed by atoms with van der Waals surface area (Å²) in [6.07, 6.45) is 17.9. The van der Waals surface area contributed by atoms with Crippen molar-refractivity contribution in [3.8, 4) is 0 Å². The fraction of sp³-hybridized carbons (Fsp3) is 0.750. The average molecular weight is 476 g/mol. The van der Waals surface area contributed by atoms with Crippen LogP contribution in [0.15, 0.2) is 24.3 Å². The third kappa shape index (κ3) is 6.06. The van der Waals surface area contributed by atoms with Gasteiger partial charge in [-0.3, -0.25) is 4.79 Å². The van der Waals surface area contributed by atoms with Gasteiger partial charge in [-0.2, -0.15) is 0 Å². The van der Waals surface area contributed by atoms with E-state index < -0.39 is 0 Å². The van der Waals surface area contributed by atoms with Gasteiger partial charge in [-0.25, -0.2) is 0 Å². The van der Waals surface area contributed by atoms with E-state index in [-0.39, 0.29) is 30.0 Å². The van der Waals surface area contributed by atoms with Crippen molar-refractivity contribution in [3.05, 3.63) is 29.8 Å². The minimum absolute atomic E-state index is 0. The number of piperidine rings is 1. The van der Waals surface area contributed by atoms with Crippen LogP contribution in [0.4, 0.5) is 5.69 Å². The highest BCUT2D eigenvalue weighted by Crippen LogP contribution is 2.41. The summed E-state index contributed by atoms with van der Waals surface area (Å²) in [7, 11) is 0. The van der Waals surface area contributed by atoms with E-state index in [2.05, 4.69) is 53.2 Å². The largest absolute Gasteiger partial charge is 0.336 e. The number of unbranched alkanes of at least 4 members (excludes halogenated alkanes) is 1. The second kappa shape index (κ2) is 12.4. The summed E-state index contributed by atoms with van der Waals surface area (Å²) in [5, 5.41) is 3.41. The predicted octanol–water partition coefficient (Wildman–Crippen LogP) is 6.60. The quantitative estimate of drug-likeness (QED) is 0.521. The minimum Gasteiger partial charge on any atom is -0.336 e. The van der Waals surface area contributed by atoms with E-state index in [4.69, 9.17) is 0 Å². The van der Waals surface area contributed by atoms with Crippen LogP contribution >= 0.6 is 12.4 Å². The molecular formula is C28H46ClN3O. The first-order valence-corrected chi connectivity index (χ1v) is 13.5. The fourth-order valence-electron chi connectivity index (χ4n) is 6.37. The van der Waals surface area contributed by atoms with Crippen molar-refractivity contribution in [2.75, 3.05) is 18.0 Å². The maximum atomic E-state index is 13.5. The molecule has 186 valence electrons. The SMILES string of the molecule is CCCC[C@@H]1NC(=O)C2(CCN(C3CCCCCCCCC3)CC2)N1c1ccc(C)cc1.Cl. The summed E-state index contributed by atoms with van der Waals surface area (Å²) in [6.45, 7) is 6.49. The maximum Gasteiger partial charge on any atom is 0.247 e. The molecule has 33 heavy (non-hydrogen) atoms. The molecule has 4 nitrogen and oxygen atoms in total. The van der Waals surface area contributed by atoms with Crippen molar-refractivity contribution in [3.63, 3.8) is 0 Å². The second-order valence-corrected chi connectivity index (χ2v) is 10.6. The van der Waals surface area contributed by atoms with Gasteiger partial charge in [-0.05, 0) is 57.6 Å². The molecular weight excluding hydrogens is 430 g/mol. The van der Waals surface area contributed by atoms with Gasteiger partial charge in [-0.15, -0.1) is 12.4 Å². The number of carbonyl (C=O) groups excluding carboxylic acids is 1. The van der Waals surface area contributed by atoms with Crippen LogP contribution in [-0.4, -0.2) is 41.6 Å². The number of hydrogen-bond donors (Lipinski definition) is 1. The topological polar surface area (TPSA) is 35.6 Å². The van der Waals surface area contributed by atoms with Gasteiger partial charge >= 0.3 is 0 Å². The van der Waals surface area contributed by atoms with E-state index in [1.807, 2.05) is 0 Å². The molecule has 2 aliphatic heterocycles. The van der Waals surface area contributed by atoms with Gasteiger partial charge in [0.2, 0.25) is 5.91 Å². The van der Waals surface area contributed by atoms with E-state index in [0.717, 1.165) is 51.2 Å². The first-order valence-electron chi connectivity index (χ1n) is 13.5. The lowest BCUT2D eigenvalue weighted by Gasteiger charge is -2.47. The summed E-state index contributed by atoms with van der Waals surface area (Å²) >= 11 is 0. The first kappa shape index (κ1) is 26.3. The third-order valence-corrected chi connectivity index (χ3v) is 8.35. The monoisotopic (exact) mass is 475 g/mol. The highest BCUT2D eigenvalue weighted by molar-refractivity contribution is 5.94. The van der Waals surface area contributed by atoms with Crippen molar-refractivity contribution in [2.45, 2.75) is 121 Å². The van der Waals surface area contributed by atoms with Gasteiger partial charge in [-0.1, -0.05) is 76.0 Å². The number of nitrogens with zero attached hydrogens (tertiary/aromatic N) is 2. The number of anilines is 1. The molecule has 1 atom stereocenters. The Bertz CT molecular complexity index is 719. The lowest BCUT2D eigenvalue weighted by Crippen LogP contribution is -2.58. The van der Waals surface area contributed by atoms with Crippen molar-refractivity contribution < 1.29 is 4.79 Å². The van der Waals surface area contributed by atoms with E-state index in [9.17, 15) is 4.79 Å². The zero-order chi connectivity index (χ0) is 22.4. The number of nitrogens with one attached hydrogen (secondary N) is 1. The van der Waals surface area contributed by atoms with Crippen molar-refractivity contribution in [1.82, 2.24) is 10.2 Å². The summed E-state index contributed by atoms with van der Waals surface area (Å²) in [6, 6.07) is 9.56. The molecule has 4 rings (SSSR count). The molecule has 2 heterocycles. The number of halogens is 1. The molecule has 0 aromatic heterocycles. The molecule has 1 spiro atoms. The van der Waals surface area contributed by atoms with Crippen LogP contribution in [0.25, 0.3) is 0 Å². The number of hydrogen-bond acceptors (Lipinski definition) is 3. The zero-order valence-corrected chi connectivity index (χ0v) is 21.8. The lowest BCUT2D eigenvalue weighted by molar-refractivity contribution is -0.125. The van der Waals surface area contributed by atoms with Gasteiger partial charge in [0.25, 0.3) is 0 Å². The number of benzene rings is 1. The Kier molecular flexibility index (Phi) is 9.94. The second-order valence-electron chi connectivity index (χ2n) is 10.6. The standard InChI is InChI=1S/C28H45N3O.ClH/c1-3-4-14-26-29-27(32)28(31(26)25-17-15-23(2)16-18-25)19-21-30(22-20-28)24-12-10-8-6-5-7-9-11-13-24;/h15-18,24,26H,3-14,19-22H2,1-2H3,(H,29,32);1H/t26-;/m1./s1. The summed E-state index contributed by atoms with van der Waals surface area (Å²) < 4.78 is 0. The summed E-state index contributed by atoms with van der Waals surface area (Å²) in [4.78, 5) is 18.7. The molecule has 0 radical (unpaired) electrons. The highest BCUT2D eigenvalue weighted by atomic mass is 35.5. The molecule has 1 N–H and O–H groups in total. The van der Waals surface area contributed by atoms with Gasteiger partial charge in [0.05, 0.1) is 0 Å². The Labute approximate surface area is 208 Å². The van der Waals surface area contributed by atoms with Gasteiger partial charge in [0.1, 0.15) is 11.7 Å². The van der Waals surface area contributed by atoms with Crippen molar-refractivity contribution in [2.24, 2.45) is 0 Å². The summed E-state index contributed by atoms with van der Waals surface area (Å²) in [5.74, 6) is 0.268. The number of likely N-dealkylation sites (tertiary alicyclic amines) is 1. The fourth-order valence-corrected chi connectivity index (χ4v) is 6.37. The first-order chi connectivity index (χ1) is 15.6. The van der Waals surface area contributed by atoms with Crippen LogP contribution in [0.3, 0.4) is 0 Å². The van der Waals surface area contributed by atoms with E-state index in [1.165, 1.54) is 69.0 Å². The molecule has 2 saturated heterocycles. The van der Waals surface area contributed by atoms with Crippen LogP contribution in [-0.2, 0) is 4.79 Å². The zero-order valence-electron chi connectivity index (χ0n) is 21.0. The van der Waals surface area contributed by atoms with Gasteiger partial charge in [0.15, 0.2) is 0 Å². The highest BCUT2D eigenvalue weighted by Gasteiger charge is 2.54. The number of amides is 1. The molecule has 3 aliphatic rings. The molecule has 0 unspecified atom stereocenters. The Hall–Kier alpha value is -1.26. The van der Waals surface area contributed by atoms with Gasteiger partial charge < -0.3 is 15.1 Å². The van der Waals surface area contributed by atoms with E-state index >= 15 is 0 Å². The Balaban J connectivity index is 0.00000306. The normalized spacial score (nSPS) is 25.0. The molecule has 5 heteroatoms. The van der Waals surface area contributed by atoms with E-state index in [1.54, 1.807) is 0 Å². The van der Waals surface area contributed by atoms with Crippen LogP contribution in [0.5, 0.6) is 0 Å². The molecule has 1 aromatic carbocycles. The number of rotatable bonds is 5. The van der Waals surface area contributed by atoms with Crippen molar-refractivity contribution in [1.29, 1.82) is 0 Å². The molecule has 0 bridgehead atoms. The van der Waals surface area contributed by atoms with Crippen molar-refractivity contribution >= 4 is 24.0 Å². The number of carbonyl (C=O) groups is 1. The molecule has 1 amide bonds. The van der Waals surface area contributed by atoms with Gasteiger partial charge in [0, 0.05) is 24.8 Å². The Morgan fingerprint density at radius 3 is 2.09 bits per heavy atom. The maximum absolute atomic E-state index is 13.5. The molecule has 3 fully saturated rings. The predicted molar refractivity (Wildman–Crippen MR) is 141 cm³/mol. The molecule has 1 saturated carbocycles. The van der Waals surface area contributed by atoms with Crippen LogP contribution < -0.4 is 10.2 Å². The number of aryl methyl sites for hydroxylation is 1. The smallest absolute Gasteiger partial charge is 0.247 e.